The van der Waals surface area contributed by atoms with E-state index in [-0.39, 0.29) is 0 Å². The van der Waals surface area contributed by atoms with Crippen molar-refractivity contribution in [2.75, 3.05) is 13.6 Å². The monoisotopic (exact) mass is 183 g/mol. The lowest BCUT2D eigenvalue weighted by atomic mass is 9.75. The van der Waals surface area contributed by atoms with Crippen LogP contribution in [0, 0.1) is 5.41 Å². The van der Waals surface area contributed by atoms with E-state index in [0.29, 0.717) is 11.5 Å². The zero-order valence-electron chi connectivity index (χ0n) is 9.77. The molecule has 0 spiro atoms. The van der Waals surface area contributed by atoms with E-state index < -0.39 is 0 Å². The quantitative estimate of drug-likeness (QED) is 0.649. The Morgan fingerprint density at radius 1 is 1.15 bits per heavy atom. The Hall–Kier alpha value is -0.0400. The third kappa shape index (κ3) is 3.30. The van der Waals surface area contributed by atoms with E-state index in [1.54, 1.807) is 0 Å². The molecule has 0 N–H and O–H groups in total. The topological polar surface area (TPSA) is 3.24 Å². The molecule has 0 bridgehead atoms. The minimum atomic E-state index is 0.608. The van der Waals surface area contributed by atoms with Gasteiger partial charge in [-0.15, -0.1) is 0 Å². The molecule has 0 aromatic heterocycles. The third-order valence-electron chi connectivity index (χ3n) is 3.57. The van der Waals surface area contributed by atoms with Gasteiger partial charge in [0, 0.05) is 12.6 Å². The van der Waals surface area contributed by atoms with Gasteiger partial charge >= 0.3 is 0 Å². The first-order chi connectivity index (χ1) is 6.03. The van der Waals surface area contributed by atoms with Gasteiger partial charge in [0.2, 0.25) is 0 Å². The van der Waals surface area contributed by atoms with Gasteiger partial charge < -0.3 is 4.90 Å². The van der Waals surface area contributed by atoms with Crippen molar-refractivity contribution in [2.45, 2.75) is 58.9 Å². The van der Waals surface area contributed by atoms with Gasteiger partial charge in [0.25, 0.3) is 0 Å². The lowest BCUT2D eigenvalue weighted by Gasteiger charge is -2.38. The van der Waals surface area contributed by atoms with Gasteiger partial charge in [0.15, 0.2) is 0 Å². The molecule has 0 aliphatic heterocycles. The van der Waals surface area contributed by atoms with Crippen LogP contribution >= 0.6 is 0 Å². The molecule has 0 aromatic rings. The van der Waals surface area contributed by atoms with Crippen molar-refractivity contribution in [3.63, 3.8) is 0 Å². The van der Waals surface area contributed by atoms with Crippen molar-refractivity contribution in [1.82, 2.24) is 4.90 Å². The molecular formula is C12H25N. The summed E-state index contributed by atoms with van der Waals surface area (Å²) >= 11 is 0. The number of hydrogen-bond acceptors (Lipinski definition) is 1. The van der Waals surface area contributed by atoms with Crippen molar-refractivity contribution in [3.8, 4) is 0 Å². The lowest BCUT2D eigenvalue weighted by Crippen LogP contribution is -2.38. The van der Waals surface area contributed by atoms with Gasteiger partial charge in [-0.05, 0) is 39.2 Å². The zero-order chi connectivity index (χ0) is 9.90. The van der Waals surface area contributed by atoms with Crippen LogP contribution < -0.4 is 0 Å². The molecule has 1 aliphatic rings. The highest BCUT2D eigenvalue weighted by Gasteiger charge is 2.28. The smallest absolute Gasteiger partial charge is 0.00357 e. The first kappa shape index (κ1) is 11.0. The van der Waals surface area contributed by atoms with E-state index in [1.165, 1.54) is 38.6 Å². The maximum Gasteiger partial charge on any atom is 0.00357 e. The van der Waals surface area contributed by atoms with Crippen LogP contribution in [0.5, 0.6) is 0 Å². The second-order valence-corrected chi connectivity index (χ2v) is 5.38. The zero-order valence-corrected chi connectivity index (χ0v) is 9.77. The lowest BCUT2D eigenvalue weighted by molar-refractivity contribution is 0.120. The van der Waals surface area contributed by atoms with Crippen LogP contribution in [-0.2, 0) is 0 Å². The fourth-order valence-electron chi connectivity index (χ4n) is 2.35. The first-order valence-corrected chi connectivity index (χ1v) is 5.74. The molecule has 13 heavy (non-hydrogen) atoms. The SMILES string of the molecule is CC(C)N(C)CC1(C)CCCCC1. The summed E-state index contributed by atoms with van der Waals surface area (Å²) in [7, 11) is 2.25. The highest BCUT2D eigenvalue weighted by Crippen LogP contribution is 2.36. The van der Waals surface area contributed by atoms with Crippen molar-refractivity contribution < 1.29 is 0 Å². The van der Waals surface area contributed by atoms with E-state index in [1.807, 2.05) is 0 Å². The Morgan fingerprint density at radius 2 is 1.69 bits per heavy atom. The van der Waals surface area contributed by atoms with Crippen LogP contribution in [0.15, 0.2) is 0 Å². The van der Waals surface area contributed by atoms with Gasteiger partial charge in [0.05, 0.1) is 0 Å². The standard InChI is InChI=1S/C12H25N/c1-11(2)13(4)10-12(3)8-6-5-7-9-12/h11H,5-10H2,1-4H3. The van der Waals surface area contributed by atoms with Gasteiger partial charge in [-0.25, -0.2) is 0 Å². The normalized spacial score (nSPS) is 22.6. The minimum Gasteiger partial charge on any atom is -0.303 e. The second kappa shape index (κ2) is 4.45. The predicted molar refractivity (Wildman–Crippen MR) is 59.0 cm³/mol. The summed E-state index contributed by atoms with van der Waals surface area (Å²) in [4.78, 5) is 2.49. The van der Waals surface area contributed by atoms with Crippen LogP contribution in [0.4, 0.5) is 0 Å². The Balaban J connectivity index is 2.40. The number of rotatable bonds is 3. The molecule has 1 aliphatic carbocycles. The molecule has 0 aromatic carbocycles. The van der Waals surface area contributed by atoms with Crippen LogP contribution in [0.1, 0.15) is 52.9 Å². The van der Waals surface area contributed by atoms with Gasteiger partial charge in [-0.1, -0.05) is 26.2 Å². The van der Waals surface area contributed by atoms with Crippen molar-refractivity contribution in [1.29, 1.82) is 0 Å². The Bertz CT molecular complexity index is 145. The van der Waals surface area contributed by atoms with Gasteiger partial charge in [-0.3, -0.25) is 0 Å². The fraction of sp³-hybridized carbons (Fsp3) is 1.00. The summed E-state index contributed by atoms with van der Waals surface area (Å²) in [6.07, 6.45) is 7.22. The van der Waals surface area contributed by atoms with Crippen LogP contribution in [0.2, 0.25) is 0 Å². The van der Waals surface area contributed by atoms with Gasteiger partial charge in [0.1, 0.15) is 0 Å². The van der Waals surface area contributed by atoms with Crippen LogP contribution in [0.25, 0.3) is 0 Å². The molecule has 1 saturated carbocycles. The molecule has 0 atom stereocenters. The first-order valence-electron chi connectivity index (χ1n) is 5.74. The summed E-state index contributed by atoms with van der Waals surface area (Å²) in [5.74, 6) is 0. The summed E-state index contributed by atoms with van der Waals surface area (Å²) in [5.41, 5.74) is 0.608. The summed E-state index contributed by atoms with van der Waals surface area (Å²) < 4.78 is 0. The van der Waals surface area contributed by atoms with Crippen molar-refractivity contribution in [2.24, 2.45) is 5.41 Å². The molecule has 1 heteroatoms. The molecule has 1 fully saturated rings. The van der Waals surface area contributed by atoms with E-state index >= 15 is 0 Å². The molecule has 0 radical (unpaired) electrons. The Kier molecular flexibility index (Phi) is 3.78. The average Bonchev–Trinajstić information content (AvgIpc) is 2.04. The van der Waals surface area contributed by atoms with Crippen LogP contribution in [0.3, 0.4) is 0 Å². The molecule has 78 valence electrons. The van der Waals surface area contributed by atoms with E-state index in [4.69, 9.17) is 0 Å². The maximum absolute atomic E-state index is 2.49. The minimum absolute atomic E-state index is 0.608. The highest BCUT2D eigenvalue weighted by atomic mass is 15.1. The van der Waals surface area contributed by atoms with E-state index in [2.05, 4.69) is 32.7 Å². The summed E-state index contributed by atoms with van der Waals surface area (Å²) in [5, 5.41) is 0. The summed E-state index contributed by atoms with van der Waals surface area (Å²) in [6, 6.07) is 0.693. The largest absolute Gasteiger partial charge is 0.303 e. The second-order valence-electron chi connectivity index (χ2n) is 5.38. The fourth-order valence-corrected chi connectivity index (χ4v) is 2.35. The van der Waals surface area contributed by atoms with E-state index in [0.717, 1.165) is 0 Å². The number of nitrogens with zero attached hydrogens (tertiary/aromatic N) is 1. The van der Waals surface area contributed by atoms with Crippen molar-refractivity contribution >= 4 is 0 Å². The van der Waals surface area contributed by atoms with Gasteiger partial charge in [-0.2, -0.15) is 0 Å². The van der Waals surface area contributed by atoms with Crippen LogP contribution in [-0.4, -0.2) is 24.5 Å². The maximum atomic E-state index is 2.49. The molecule has 0 amide bonds. The Morgan fingerprint density at radius 3 is 2.15 bits per heavy atom. The average molecular weight is 183 g/mol. The third-order valence-corrected chi connectivity index (χ3v) is 3.57. The molecular weight excluding hydrogens is 158 g/mol. The summed E-state index contributed by atoms with van der Waals surface area (Å²) in [6.45, 7) is 8.31. The molecule has 0 saturated heterocycles. The van der Waals surface area contributed by atoms with E-state index in [9.17, 15) is 0 Å². The number of hydrogen-bond donors (Lipinski definition) is 0. The molecule has 0 unspecified atom stereocenters. The highest BCUT2D eigenvalue weighted by molar-refractivity contribution is 4.81. The molecule has 1 nitrogen and oxygen atoms in total. The molecule has 1 rings (SSSR count). The van der Waals surface area contributed by atoms with Crippen molar-refractivity contribution in [3.05, 3.63) is 0 Å². The molecule has 0 heterocycles. The Labute approximate surface area is 83.5 Å². The predicted octanol–water partition coefficient (Wildman–Crippen LogP) is 3.30.